The lowest BCUT2D eigenvalue weighted by Gasteiger charge is -1.83. The average Bonchev–Trinajstić information content (AvgIpc) is 2.14. The van der Waals surface area contributed by atoms with Gasteiger partial charge >= 0.3 is 5.97 Å². The van der Waals surface area contributed by atoms with Crippen molar-refractivity contribution in [1.29, 1.82) is 0 Å². The van der Waals surface area contributed by atoms with E-state index in [1.54, 1.807) is 0 Å². The Kier molecular flexibility index (Phi) is 1.44. The molecule has 1 aliphatic rings. The molecule has 0 aromatic carbocycles. The third kappa shape index (κ3) is 1.23. The molecule has 0 radical (unpaired) electrons. The van der Waals surface area contributed by atoms with Crippen LogP contribution in [0.3, 0.4) is 0 Å². The number of thiocarbonyl (C=S) groups is 1. The van der Waals surface area contributed by atoms with E-state index < -0.39 is 5.97 Å². The maximum atomic E-state index is 10.1. The minimum Gasteiger partial charge on any atom is -0.477 e. The van der Waals surface area contributed by atoms with Gasteiger partial charge in [0, 0.05) is 0 Å². The highest BCUT2D eigenvalue weighted by molar-refractivity contribution is 7.80. The van der Waals surface area contributed by atoms with Gasteiger partial charge < -0.3 is 5.11 Å². The molecule has 0 aromatic rings. The molecule has 0 saturated carbocycles. The predicted molar refractivity (Wildman–Crippen MR) is 35.4 cm³/mol. The van der Waals surface area contributed by atoms with Crippen molar-refractivity contribution >= 4 is 28.9 Å². The first kappa shape index (κ1) is 6.15. The van der Waals surface area contributed by atoms with Crippen LogP contribution < -0.4 is 5.43 Å². The van der Waals surface area contributed by atoms with Crippen molar-refractivity contribution in [1.82, 2.24) is 5.43 Å². The van der Waals surface area contributed by atoms with Crippen LogP contribution in [0, 0.1) is 0 Å². The van der Waals surface area contributed by atoms with Gasteiger partial charge in [-0.1, -0.05) is 12.2 Å². The van der Waals surface area contributed by atoms with Gasteiger partial charge in [0.15, 0.2) is 5.71 Å². The summed E-state index contributed by atoms with van der Waals surface area (Å²) in [5.41, 5.74) is 2.47. The van der Waals surface area contributed by atoms with E-state index in [1.165, 1.54) is 0 Å². The zero-order chi connectivity index (χ0) is 6.85. The molecule has 1 rings (SSSR count). The summed E-state index contributed by atoms with van der Waals surface area (Å²) in [6.45, 7) is 0. The number of carbonyl (C=O) groups is 1. The first-order chi connectivity index (χ1) is 4.20. The molecule has 4 nitrogen and oxygen atoms in total. The van der Waals surface area contributed by atoms with E-state index in [4.69, 9.17) is 5.11 Å². The van der Waals surface area contributed by atoms with E-state index >= 15 is 0 Å². The number of carboxylic acid groups (broad SMARTS) is 1. The zero-order valence-electron chi connectivity index (χ0n) is 4.42. The van der Waals surface area contributed by atoms with Crippen molar-refractivity contribution in [2.75, 3.05) is 0 Å². The largest absolute Gasteiger partial charge is 0.477 e. The van der Waals surface area contributed by atoms with Gasteiger partial charge in [0.25, 0.3) is 0 Å². The number of nitrogens with zero attached hydrogens (tertiary/aromatic N) is 1. The molecule has 0 atom stereocenters. The maximum Gasteiger partial charge on any atom is 0.352 e. The van der Waals surface area contributed by atoms with Crippen molar-refractivity contribution in [2.24, 2.45) is 5.10 Å². The van der Waals surface area contributed by atoms with Crippen LogP contribution in [0.1, 0.15) is 6.42 Å². The van der Waals surface area contributed by atoms with Crippen LogP contribution in [0.2, 0.25) is 0 Å². The fourth-order valence-electron chi connectivity index (χ4n) is 0.484. The van der Waals surface area contributed by atoms with Gasteiger partial charge in [0.05, 0.1) is 6.42 Å². The average molecular weight is 144 g/mol. The van der Waals surface area contributed by atoms with Crippen molar-refractivity contribution in [3.63, 3.8) is 0 Å². The Morgan fingerprint density at radius 2 is 2.56 bits per heavy atom. The fourth-order valence-corrected chi connectivity index (χ4v) is 0.667. The highest BCUT2D eigenvalue weighted by Gasteiger charge is 2.16. The molecule has 0 fully saturated rings. The summed E-state index contributed by atoms with van der Waals surface area (Å²) >= 11 is 4.63. The van der Waals surface area contributed by atoms with Gasteiger partial charge in [0.2, 0.25) is 0 Å². The molecular weight excluding hydrogens is 140 g/mol. The Bertz CT molecular complexity index is 199. The van der Waals surface area contributed by atoms with Crippen molar-refractivity contribution in [2.45, 2.75) is 6.42 Å². The Hall–Kier alpha value is -0.970. The maximum absolute atomic E-state index is 10.1. The van der Waals surface area contributed by atoms with Crippen LogP contribution in [-0.2, 0) is 4.79 Å². The highest BCUT2D eigenvalue weighted by Crippen LogP contribution is 1.96. The van der Waals surface area contributed by atoms with Gasteiger partial charge in [-0.05, 0) is 0 Å². The van der Waals surface area contributed by atoms with Crippen LogP contribution in [0.5, 0.6) is 0 Å². The van der Waals surface area contributed by atoms with Crippen molar-refractivity contribution in [3.8, 4) is 0 Å². The molecule has 0 unspecified atom stereocenters. The number of rotatable bonds is 1. The van der Waals surface area contributed by atoms with E-state index in [0.717, 1.165) is 0 Å². The molecule has 0 aromatic heterocycles. The summed E-state index contributed by atoms with van der Waals surface area (Å²) in [4.78, 5) is 10.6. The molecule has 1 aliphatic heterocycles. The van der Waals surface area contributed by atoms with Gasteiger partial charge in [-0.25, -0.2) is 4.79 Å². The zero-order valence-corrected chi connectivity index (χ0v) is 5.23. The van der Waals surface area contributed by atoms with Crippen LogP contribution in [0.15, 0.2) is 5.10 Å². The minimum atomic E-state index is -1.01. The normalized spacial score (nSPS) is 16.9. The van der Waals surface area contributed by atoms with Gasteiger partial charge in [0.1, 0.15) is 4.99 Å². The quantitative estimate of drug-likeness (QED) is 0.498. The Balaban J connectivity index is 2.65. The molecule has 0 bridgehead atoms. The molecule has 9 heavy (non-hydrogen) atoms. The van der Waals surface area contributed by atoms with Crippen LogP contribution in [0.4, 0.5) is 0 Å². The van der Waals surface area contributed by atoms with Gasteiger partial charge in [-0.15, -0.1) is 0 Å². The Morgan fingerprint density at radius 1 is 1.89 bits per heavy atom. The number of aliphatic carboxylic acids is 1. The molecule has 1 heterocycles. The monoisotopic (exact) mass is 144 g/mol. The molecule has 0 amide bonds. The molecule has 2 N–H and O–H groups in total. The minimum absolute atomic E-state index is 0.0833. The van der Waals surface area contributed by atoms with E-state index in [0.29, 0.717) is 4.99 Å². The van der Waals surface area contributed by atoms with Crippen LogP contribution in [-0.4, -0.2) is 21.8 Å². The Morgan fingerprint density at radius 3 is 2.78 bits per heavy atom. The summed E-state index contributed by atoms with van der Waals surface area (Å²) in [5, 5.41) is 11.7. The third-order valence-electron chi connectivity index (χ3n) is 0.890. The van der Waals surface area contributed by atoms with Crippen LogP contribution >= 0.6 is 12.2 Å². The molecule has 0 spiro atoms. The lowest BCUT2D eigenvalue weighted by atomic mass is 10.3. The summed E-state index contributed by atoms with van der Waals surface area (Å²) in [6.07, 6.45) is 0.255. The number of hydrogen-bond acceptors (Lipinski definition) is 3. The fraction of sp³-hybridized carbons (Fsp3) is 0.250. The number of hydrazone groups is 1. The second kappa shape index (κ2) is 2.10. The second-order valence-electron chi connectivity index (χ2n) is 1.58. The summed E-state index contributed by atoms with van der Waals surface area (Å²) in [7, 11) is 0. The van der Waals surface area contributed by atoms with Gasteiger partial charge in [-0.2, -0.15) is 5.10 Å². The van der Waals surface area contributed by atoms with E-state index in [1.807, 2.05) is 0 Å². The lowest BCUT2D eigenvalue weighted by molar-refractivity contribution is -0.129. The standard InChI is InChI=1S/C4H4N2O2S/c7-4(8)2-1-3(9)6-5-2/h1H2,(H,6,9)(H,7,8). The first-order valence-corrected chi connectivity index (χ1v) is 2.69. The molecule has 48 valence electrons. The van der Waals surface area contributed by atoms with Gasteiger partial charge in [-0.3, -0.25) is 5.43 Å². The topological polar surface area (TPSA) is 61.7 Å². The van der Waals surface area contributed by atoms with E-state index in [-0.39, 0.29) is 12.1 Å². The van der Waals surface area contributed by atoms with Crippen molar-refractivity contribution in [3.05, 3.63) is 0 Å². The summed E-state index contributed by atoms with van der Waals surface area (Å²) in [5.74, 6) is -1.01. The number of nitrogens with one attached hydrogen (secondary N) is 1. The number of carboxylic acids is 1. The summed E-state index contributed by atoms with van der Waals surface area (Å²) < 4.78 is 0. The second-order valence-corrected chi connectivity index (χ2v) is 2.07. The van der Waals surface area contributed by atoms with Crippen LogP contribution in [0.25, 0.3) is 0 Å². The van der Waals surface area contributed by atoms with Crippen molar-refractivity contribution < 1.29 is 9.90 Å². The SMILES string of the molecule is O=C(O)C1=NNC(=S)C1. The molecular formula is C4H4N2O2S. The summed E-state index contributed by atoms with van der Waals surface area (Å²) in [6, 6.07) is 0. The van der Waals surface area contributed by atoms with E-state index in [9.17, 15) is 4.79 Å². The molecule has 5 heteroatoms. The van der Waals surface area contributed by atoms with E-state index in [2.05, 4.69) is 22.7 Å². The first-order valence-electron chi connectivity index (χ1n) is 2.29. The molecule has 0 saturated heterocycles. The molecule has 0 aliphatic carbocycles. The lowest BCUT2D eigenvalue weighted by Crippen LogP contribution is -2.11. The number of hydrogen-bond donors (Lipinski definition) is 2. The smallest absolute Gasteiger partial charge is 0.352 e. The predicted octanol–water partition coefficient (Wildman–Crippen LogP) is -0.252. The highest BCUT2D eigenvalue weighted by atomic mass is 32.1. The third-order valence-corrected chi connectivity index (χ3v) is 1.13. The Labute approximate surface area is 56.6 Å².